The fourth-order valence-electron chi connectivity index (χ4n) is 1.72. The van der Waals surface area contributed by atoms with Crippen molar-refractivity contribution < 1.29 is 9.84 Å². The maximum absolute atomic E-state index is 9.18. The zero-order valence-electron chi connectivity index (χ0n) is 7.93. The largest absolute Gasteiger partial charge is 0.493 e. The van der Waals surface area contributed by atoms with Gasteiger partial charge in [-0.3, -0.25) is 0 Å². The summed E-state index contributed by atoms with van der Waals surface area (Å²) < 4.78 is 5.43. The number of ether oxygens (including phenoxy) is 1. The Kier molecular flexibility index (Phi) is 1.89. The zero-order valence-corrected chi connectivity index (χ0v) is 8.75. The van der Waals surface area contributed by atoms with Crippen molar-refractivity contribution in [3.63, 3.8) is 0 Å². The summed E-state index contributed by atoms with van der Waals surface area (Å²) in [6.07, 6.45) is 0.959. The second kappa shape index (κ2) is 3.24. The summed E-state index contributed by atoms with van der Waals surface area (Å²) in [7, 11) is 0. The van der Waals surface area contributed by atoms with E-state index in [1.165, 1.54) is 16.9 Å². The molecule has 3 rings (SSSR count). The fraction of sp³-hybridized carbons (Fsp3) is 0.182. The van der Waals surface area contributed by atoms with Crippen molar-refractivity contribution in [2.75, 3.05) is 6.61 Å². The lowest BCUT2D eigenvalue weighted by Gasteiger charge is -2.00. The third-order valence-electron chi connectivity index (χ3n) is 2.43. The first-order valence-corrected chi connectivity index (χ1v) is 5.61. The van der Waals surface area contributed by atoms with Gasteiger partial charge in [-0.1, -0.05) is 0 Å². The number of nitrogens with zero attached hydrogens (tertiary/aromatic N) is 1. The van der Waals surface area contributed by atoms with E-state index >= 15 is 0 Å². The first-order chi connectivity index (χ1) is 7.33. The quantitative estimate of drug-likeness (QED) is 0.801. The number of hydrogen-bond donors (Lipinski definition) is 1. The van der Waals surface area contributed by atoms with Gasteiger partial charge in [0.05, 0.1) is 12.0 Å². The van der Waals surface area contributed by atoms with Gasteiger partial charge in [-0.2, -0.15) is 0 Å². The molecule has 0 radical (unpaired) electrons. The molecule has 1 aromatic heterocycles. The average molecular weight is 219 g/mol. The van der Waals surface area contributed by atoms with E-state index in [1.807, 2.05) is 12.1 Å². The van der Waals surface area contributed by atoms with Gasteiger partial charge in [0, 0.05) is 12.0 Å². The van der Waals surface area contributed by atoms with Gasteiger partial charge in [0.25, 0.3) is 0 Å². The van der Waals surface area contributed by atoms with Crippen molar-refractivity contribution in [2.24, 2.45) is 0 Å². The van der Waals surface area contributed by atoms with Gasteiger partial charge < -0.3 is 9.84 Å². The lowest BCUT2D eigenvalue weighted by molar-refractivity contribution is 0.357. The van der Waals surface area contributed by atoms with E-state index in [4.69, 9.17) is 4.74 Å². The van der Waals surface area contributed by atoms with Crippen LogP contribution in [0.1, 0.15) is 5.56 Å². The number of aromatic hydroxyl groups is 1. The zero-order chi connectivity index (χ0) is 10.3. The predicted molar refractivity (Wildman–Crippen MR) is 58.4 cm³/mol. The van der Waals surface area contributed by atoms with Gasteiger partial charge in [0.1, 0.15) is 10.8 Å². The molecule has 1 aliphatic heterocycles. The van der Waals surface area contributed by atoms with Crippen LogP contribution in [0.15, 0.2) is 23.6 Å². The molecular formula is C11H9NO2S. The van der Waals surface area contributed by atoms with Crippen LogP contribution < -0.4 is 4.74 Å². The van der Waals surface area contributed by atoms with Gasteiger partial charge in [-0.25, -0.2) is 4.98 Å². The first-order valence-electron chi connectivity index (χ1n) is 4.73. The van der Waals surface area contributed by atoms with Gasteiger partial charge in [-0.05, 0) is 23.8 Å². The minimum absolute atomic E-state index is 0.0896. The topological polar surface area (TPSA) is 42.4 Å². The van der Waals surface area contributed by atoms with Crippen molar-refractivity contribution in [3.05, 3.63) is 29.1 Å². The maximum atomic E-state index is 9.18. The maximum Gasteiger partial charge on any atom is 0.222 e. The Morgan fingerprint density at radius 3 is 3.13 bits per heavy atom. The van der Waals surface area contributed by atoms with Gasteiger partial charge in [0.2, 0.25) is 5.88 Å². The molecule has 0 aliphatic carbocycles. The Morgan fingerprint density at radius 1 is 1.40 bits per heavy atom. The predicted octanol–water partition coefficient (Wildman–Crippen LogP) is 2.45. The number of benzene rings is 1. The smallest absolute Gasteiger partial charge is 0.222 e. The first kappa shape index (κ1) is 8.73. The van der Waals surface area contributed by atoms with Crippen molar-refractivity contribution in [2.45, 2.75) is 6.42 Å². The van der Waals surface area contributed by atoms with Crippen LogP contribution in [0, 0.1) is 0 Å². The highest BCUT2D eigenvalue weighted by molar-refractivity contribution is 7.13. The molecule has 0 spiro atoms. The third-order valence-corrected chi connectivity index (χ3v) is 3.31. The minimum Gasteiger partial charge on any atom is -0.493 e. The number of aromatic nitrogens is 1. The number of fused-ring (bicyclic) bond motifs is 1. The van der Waals surface area contributed by atoms with Crippen LogP contribution >= 0.6 is 11.3 Å². The summed E-state index contributed by atoms with van der Waals surface area (Å²) in [4.78, 5) is 4.04. The molecule has 0 unspecified atom stereocenters. The monoisotopic (exact) mass is 219 g/mol. The summed E-state index contributed by atoms with van der Waals surface area (Å²) >= 11 is 1.45. The SMILES string of the molecule is Oc1csc(-c2ccc3c(c2)CCO3)n1. The molecule has 0 bridgehead atoms. The number of thiazole rings is 1. The van der Waals surface area contributed by atoms with Gasteiger partial charge in [0.15, 0.2) is 0 Å². The molecule has 4 heteroatoms. The van der Waals surface area contributed by atoms with Crippen LogP contribution in [0.25, 0.3) is 10.6 Å². The third kappa shape index (κ3) is 1.47. The highest BCUT2D eigenvalue weighted by atomic mass is 32.1. The van der Waals surface area contributed by atoms with Gasteiger partial charge >= 0.3 is 0 Å². The second-order valence-corrected chi connectivity index (χ2v) is 4.29. The minimum atomic E-state index is 0.0896. The van der Waals surface area contributed by atoms with E-state index in [2.05, 4.69) is 11.1 Å². The molecule has 1 aromatic carbocycles. The fourth-order valence-corrected chi connectivity index (χ4v) is 2.40. The molecule has 76 valence electrons. The Morgan fingerprint density at radius 2 is 2.33 bits per heavy atom. The Balaban J connectivity index is 2.06. The van der Waals surface area contributed by atoms with Crippen LogP contribution in [-0.2, 0) is 6.42 Å². The number of rotatable bonds is 1. The summed E-state index contributed by atoms with van der Waals surface area (Å²) in [6, 6.07) is 6.03. The molecule has 0 saturated heterocycles. The standard InChI is InChI=1S/C11H9NO2S/c13-10-6-15-11(12-10)8-1-2-9-7(5-8)3-4-14-9/h1-2,5-6,13H,3-4H2. The molecule has 3 nitrogen and oxygen atoms in total. The average Bonchev–Trinajstić information content (AvgIpc) is 2.84. The van der Waals surface area contributed by atoms with Crippen molar-refractivity contribution in [1.29, 1.82) is 0 Å². The molecular weight excluding hydrogens is 210 g/mol. The number of hydrogen-bond acceptors (Lipinski definition) is 4. The van der Waals surface area contributed by atoms with Crippen LogP contribution in [0.3, 0.4) is 0 Å². The van der Waals surface area contributed by atoms with Crippen LogP contribution in [-0.4, -0.2) is 16.7 Å². The molecule has 0 saturated carbocycles. The van der Waals surface area contributed by atoms with Gasteiger partial charge in [-0.15, -0.1) is 11.3 Å². The molecule has 1 aliphatic rings. The molecule has 2 aromatic rings. The van der Waals surface area contributed by atoms with Crippen molar-refractivity contribution in [3.8, 4) is 22.2 Å². The van der Waals surface area contributed by atoms with E-state index in [-0.39, 0.29) is 5.88 Å². The highest BCUT2D eigenvalue weighted by Gasteiger charge is 2.13. The molecule has 0 fully saturated rings. The Hall–Kier alpha value is -1.55. The molecule has 1 N–H and O–H groups in total. The van der Waals surface area contributed by atoms with E-state index in [9.17, 15) is 5.11 Å². The normalized spacial score (nSPS) is 13.6. The molecule has 0 amide bonds. The summed E-state index contributed by atoms with van der Waals surface area (Å²) in [5, 5.41) is 11.7. The Bertz CT molecular complexity index is 507. The van der Waals surface area contributed by atoms with E-state index in [1.54, 1.807) is 5.38 Å². The molecule has 0 atom stereocenters. The lowest BCUT2D eigenvalue weighted by Crippen LogP contribution is -1.85. The summed E-state index contributed by atoms with van der Waals surface area (Å²) in [5.41, 5.74) is 2.27. The van der Waals surface area contributed by atoms with Crippen LogP contribution in [0.4, 0.5) is 0 Å². The van der Waals surface area contributed by atoms with E-state index in [0.717, 1.165) is 29.3 Å². The summed E-state index contributed by atoms with van der Waals surface area (Å²) in [6.45, 7) is 0.766. The molecule has 2 heterocycles. The lowest BCUT2D eigenvalue weighted by atomic mass is 10.1. The van der Waals surface area contributed by atoms with Crippen LogP contribution in [0.5, 0.6) is 11.6 Å². The molecule has 15 heavy (non-hydrogen) atoms. The highest BCUT2D eigenvalue weighted by Crippen LogP contribution is 2.32. The second-order valence-electron chi connectivity index (χ2n) is 3.43. The van der Waals surface area contributed by atoms with E-state index in [0.29, 0.717) is 0 Å². The van der Waals surface area contributed by atoms with Crippen molar-refractivity contribution in [1.82, 2.24) is 4.98 Å². The summed E-state index contributed by atoms with van der Waals surface area (Å²) in [5.74, 6) is 1.06. The van der Waals surface area contributed by atoms with Crippen LogP contribution in [0.2, 0.25) is 0 Å². The van der Waals surface area contributed by atoms with E-state index < -0.39 is 0 Å². The van der Waals surface area contributed by atoms with Crippen molar-refractivity contribution >= 4 is 11.3 Å². The Labute approximate surface area is 91.0 Å².